The van der Waals surface area contributed by atoms with Crippen molar-refractivity contribution in [2.75, 3.05) is 36.6 Å². The molecule has 34 heavy (non-hydrogen) atoms. The van der Waals surface area contributed by atoms with Gasteiger partial charge in [-0.25, -0.2) is 15.0 Å². The van der Waals surface area contributed by atoms with Crippen LogP contribution < -0.4 is 15.0 Å². The molecular formula is C25H33N7O2. The van der Waals surface area contributed by atoms with Gasteiger partial charge in [0.1, 0.15) is 12.2 Å². The van der Waals surface area contributed by atoms with Crippen LogP contribution in [0, 0.1) is 0 Å². The average molecular weight is 464 g/mol. The summed E-state index contributed by atoms with van der Waals surface area (Å²) in [5.41, 5.74) is 5.27. The number of benzene rings is 1. The maximum absolute atomic E-state index is 5.61. The Morgan fingerprint density at radius 1 is 1.18 bits per heavy atom. The zero-order chi connectivity index (χ0) is 23.8. The number of anilines is 3. The van der Waals surface area contributed by atoms with Crippen molar-refractivity contribution in [1.29, 1.82) is 0 Å². The standard InChI is InChI=1S/C25H33N7O2/c1-4-18(14-24-28-17-29-31-24)19-7-8-23(32(5-2)21-9-11-33-12-10-21)22(13-19)30-20-15-26-25(27-16-20)34-6-3/h7-8,13-17,21,30H,4-6,9-12H2,1-3H3,(H,28,29,31)/b18-14+. The first kappa shape index (κ1) is 23.7. The Kier molecular flexibility index (Phi) is 8.08. The van der Waals surface area contributed by atoms with Crippen molar-refractivity contribution in [2.45, 2.75) is 46.1 Å². The summed E-state index contributed by atoms with van der Waals surface area (Å²) in [5, 5.41) is 10.4. The lowest BCUT2D eigenvalue weighted by Gasteiger charge is -2.36. The highest BCUT2D eigenvalue weighted by atomic mass is 16.5. The van der Waals surface area contributed by atoms with Gasteiger partial charge in [0.25, 0.3) is 0 Å². The third kappa shape index (κ3) is 5.72. The van der Waals surface area contributed by atoms with Crippen LogP contribution in [0.3, 0.4) is 0 Å². The molecule has 9 heteroatoms. The van der Waals surface area contributed by atoms with E-state index in [1.165, 1.54) is 11.9 Å². The van der Waals surface area contributed by atoms with Crippen LogP contribution in [0.25, 0.3) is 11.6 Å². The lowest BCUT2D eigenvalue weighted by Crippen LogP contribution is -2.39. The van der Waals surface area contributed by atoms with E-state index in [-0.39, 0.29) is 0 Å². The average Bonchev–Trinajstić information content (AvgIpc) is 3.39. The van der Waals surface area contributed by atoms with Gasteiger partial charge in [0.2, 0.25) is 0 Å². The number of hydrogen-bond donors (Lipinski definition) is 2. The molecule has 0 bridgehead atoms. The number of aromatic amines is 1. The van der Waals surface area contributed by atoms with Crippen LogP contribution in [0.15, 0.2) is 36.9 Å². The predicted molar refractivity (Wildman–Crippen MR) is 134 cm³/mol. The fourth-order valence-corrected chi connectivity index (χ4v) is 4.29. The van der Waals surface area contributed by atoms with Gasteiger partial charge in [0, 0.05) is 25.8 Å². The van der Waals surface area contributed by atoms with E-state index in [0.717, 1.165) is 67.5 Å². The van der Waals surface area contributed by atoms with Gasteiger partial charge in [0.15, 0.2) is 0 Å². The van der Waals surface area contributed by atoms with Crippen molar-refractivity contribution < 1.29 is 9.47 Å². The van der Waals surface area contributed by atoms with E-state index in [1.54, 1.807) is 12.4 Å². The second-order valence-electron chi connectivity index (χ2n) is 8.07. The summed E-state index contributed by atoms with van der Waals surface area (Å²) in [5.74, 6) is 0.743. The lowest BCUT2D eigenvalue weighted by atomic mass is 9.99. The Balaban J connectivity index is 1.70. The summed E-state index contributed by atoms with van der Waals surface area (Å²) in [4.78, 5) is 15.4. The highest BCUT2D eigenvalue weighted by molar-refractivity contribution is 5.85. The van der Waals surface area contributed by atoms with Crippen molar-refractivity contribution >= 4 is 28.7 Å². The Hall–Kier alpha value is -3.46. The molecule has 0 spiro atoms. The van der Waals surface area contributed by atoms with E-state index in [9.17, 15) is 0 Å². The number of H-pyrrole nitrogens is 1. The quantitative estimate of drug-likeness (QED) is 0.446. The van der Waals surface area contributed by atoms with Gasteiger partial charge in [-0.1, -0.05) is 13.0 Å². The largest absolute Gasteiger partial charge is 0.464 e. The number of aromatic nitrogens is 5. The molecule has 0 saturated carbocycles. The third-order valence-electron chi connectivity index (χ3n) is 5.96. The molecule has 1 aliphatic rings. The Morgan fingerprint density at radius 3 is 2.62 bits per heavy atom. The molecule has 2 aromatic heterocycles. The minimum absolute atomic E-state index is 0.377. The van der Waals surface area contributed by atoms with Crippen LogP contribution in [0.5, 0.6) is 6.01 Å². The summed E-state index contributed by atoms with van der Waals surface area (Å²) >= 11 is 0. The first-order valence-corrected chi connectivity index (χ1v) is 12.0. The molecule has 2 N–H and O–H groups in total. The van der Waals surface area contributed by atoms with Crippen LogP contribution in [-0.2, 0) is 4.74 Å². The molecule has 1 fully saturated rings. The predicted octanol–water partition coefficient (Wildman–Crippen LogP) is 4.69. The highest BCUT2D eigenvalue weighted by Crippen LogP contribution is 2.35. The molecule has 180 valence electrons. The Labute approximate surface area is 200 Å². The molecule has 0 radical (unpaired) electrons. The van der Waals surface area contributed by atoms with Gasteiger partial charge in [0.05, 0.1) is 36.1 Å². The van der Waals surface area contributed by atoms with E-state index in [0.29, 0.717) is 18.7 Å². The Bertz CT molecular complexity index is 1060. The smallest absolute Gasteiger partial charge is 0.316 e. The van der Waals surface area contributed by atoms with Crippen LogP contribution in [0.2, 0.25) is 0 Å². The molecule has 1 saturated heterocycles. The molecule has 1 aromatic carbocycles. The van der Waals surface area contributed by atoms with Gasteiger partial charge in [-0.05, 0) is 62.5 Å². The zero-order valence-corrected chi connectivity index (χ0v) is 20.1. The number of nitrogens with one attached hydrogen (secondary N) is 2. The molecule has 0 unspecified atom stereocenters. The summed E-state index contributed by atoms with van der Waals surface area (Å²) in [6.07, 6.45) is 9.98. The van der Waals surface area contributed by atoms with Crippen molar-refractivity contribution in [3.63, 3.8) is 0 Å². The molecule has 4 rings (SSSR count). The minimum atomic E-state index is 0.377. The van der Waals surface area contributed by atoms with Crippen molar-refractivity contribution in [3.8, 4) is 6.01 Å². The molecular weight excluding hydrogens is 430 g/mol. The van der Waals surface area contributed by atoms with Gasteiger partial charge in [-0.2, -0.15) is 5.10 Å². The van der Waals surface area contributed by atoms with E-state index < -0.39 is 0 Å². The third-order valence-corrected chi connectivity index (χ3v) is 5.96. The SMILES string of the molecule is CCOc1ncc(Nc2cc(/C(=C/c3ncn[nH]3)CC)ccc2N(CC)C2CCOCC2)cn1. The van der Waals surface area contributed by atoms with Crippen LogP contribution in [0.4, 0.5) is 17.1 Å². The van der Waals surface area contributed by atoms with Crippen molar-refractivity contribution in [2.24, 2.45) is 0 Å². The first-order chi connectivity index (χ1) is 16.7. The number of hydrogen-bond acceptors (Lipinski definition) is 8. The lowest BCUT2D eigenvalue weighted by molar-refractivity contribution is 0.0846. The van der Waals surface area contributed by atoms with E-state index >= 15 is 0 Å². The van der Waals surface area contributed by atoms with Gasteiger partial charge in [-0.15, -0.1) is 0 Å². The Morgan fingerprint density at radius 2 is 1.97 bits per heavy atom. The van der Waals surface area contributed by atoms with Gasteiger partial charge in [-0.3, -0.25) is 5.10 Å². The van der Waals surface area contributed by atoms with Crippen molar-refractivity contribution in [1.82, 2.24) is 25.1 Å². The van der Waals surface area contributed by atoms with Gasteiger partial charge >= 0.3 is 6.01 Å². The van der Waals surface area contributed by atoms with Gasteiger partial charge < -0.3 is 19.7 Å². The fourth-order valence-electron chi connectivity index (χ4n) is 4.29. The summed E-state index contributed by atoms with van der Waals surface area (Å²) in [6, 6.07) is 7.40. The van der Waals surface area contributed by atoms with E-state index in [4.69, 9.17) is 9.47 Å². The second kappa shape index (κ2) is 11.6. The monoisotopic (exact) mass is 463 g/mol. The van der Waals surface area contributed by atoms with E-state index in [1.807, 2.05) is 13.0 Å². The minimum Gasteiger partial charge on any atom is -0.464 e. The summed E-state index contributed by atoms with van der Waals surface area (Å²) in [7, 11) is 0. The van der Waals surface area contributed by atoms with Crippen LogP contribution in [0.1, 0.15) is 51.4 Å². The first-order valence-electron chi connectivity index (χ1n) is 12.0. The van der Waals surface area contributed by atoms with Crippen molar-refractivity contribution in [3.05, 3.63) is 48.3 Å². The molecule has 1 aliphatic heterocycles. The van der Waals surface area contributed by atoms with E-state index in [2.05, 4.69) is 67.4 Å². The molecule has 3 aromatic rings. The second-order valence-corrected chi connectivity index (χ2v) is 8.07. The zero-order valence-electron chi connectivity index (χ0n) is 20.1. The molecule has 0 aliphatic carbocycles. The number of rotatable bonds is 10. The van der Waals surface area contributed by atoms with Crippen LogP contribution in [-0.4, -0.2) is 57.6 Å². The fraction of sp³-hybridized carbons (Fsp3) is 0.440. The molecule has 0 amide bonds. The molecule has 9 nitrogen and oxygen atoms in total. The topological polar surface area (TPSA) is 101 Å². The normalized spacial score (nSPS) is 14.7. The summed E-state index contributed by atoms with van der Waals surface area (Å²) < 4.78 is 11.0. The molecule has 0 atom stereocenters. The maximum atomic E-state index is 5.61. The summed E-state index contributed by atoms with van der Waals surface area (Å²) in [6.45, 7) is 9.31. The molecule has 3 heterocycles. The maximum Gasteiger partial charge on any atom is 0.316 e. The van der Waals surface area contributed by atoms with Crippen LogP contribution >= 0.6 is 0 Å². The number of allylic oxidation sites excluding steroid dienone is 1. The highest BCUT2D eigenvalue weighted by Gasteiger charge is 2.23. The number of ether oxygens (including phenoxy) is 2. The number of nitrogens with zero attached hydrogens (tertiary/aromatic N) is 5.